The first-order valence-electron chi connectivity index (χ1n) is 8.17. The van der Waals surface area contributed by atoms with Crippen molar-refractivity contribution in [1.29, 1.82) is 0 Å². The number of rotatable bonds is 6. The predicted molar refractivity (Wildman–Crippen MR) is 89.4 cm³/mol. The summed E-state index contributed by atoms with van der Waals surface area (Å²) in [7, 11) is 0. The van der Waals surface area contributed by atoms with Crippen molar-refractivity contribution < 1.29 is 19.2 Å². The second-order valence-corrected chi connectivity index (χ2v) is 6.32. The van der Waals surface area contributed by atoms with E-state index in [1.54, 1.807) is 12.3 Å². The Morgan fingerprint density at radius 2 is 2.16 bits per heavy atom. The number of H-pyrrole nitrogens is 1. The van der Waals surface area contributed by atoms with Crippen LogP contribution in [0.2, 0.25) is 0 Å². The lowest BCUT2D eigenvalue weighted by Crippen LogP contribution is -2.42. The van der Waals surface area contributed by atoms with Crippen LogP contribution in [0.15, 0.2) is 41.1 Å². The normalized spacial score (nSPS) is 15.2. The fourth-order valence-corrected chi connectivity index (χ4v) is 2.91. The summed E-state index contributed by atoms with van der Waals surface area (Å²) in [4.78, 5) is 27.0. The number of aromatic amines is 1. The van der Waals surface area contributed by atoms with E-state index in [2.05, 4.69) is 15.5 Å². The van der Waals surface area contributed by atoms with Crippen molar-refractivity contribution in [2.45, 2.75) is 31.2 Å². The zero-order valence-electron chi connectivity index (χ0n) is 13.4. The molecular formula is C18H17N3O4. The number of hydrogen-bond acceptors (Lipinski definition) is 4. The summed E-state index contributed by atoms with van der Waals surface area (Å²) in [6.45, 7) is 0. The summed E-state index contributed by atoms with van der Waals surface area (Å²) >= 11 is 0. The van der Waals surface area contributed by atoms with Gasteiger partial charge in [0.2, 0.25) is 0 Å². The Labute approximate surface area is 143 Å². The number of carbonyl (C=O) groups excluding carboxylic acids is 1. The van der Waals surface area contributed by atoms with Gasteiger partial charge in [-0.05, 0) is 24.5 Å². The van der Waals surface area contributed by atoms with E-state index >= 15 is 0 Å². The Morgan fingerprint density at radius 3 is 2.92 bits per heavy atom. The van der Waals surface area contributed by atoms with E-state index in [4.69, 9.17) is 4.52 Å². The van der Waals surface area contributed by atoms with Crippen LogP contribution in [0.4, 0.5) is 0 Å². The van der Waals surface area contributed by atoms with E-state index < -0.39 is 17.9 Å². The lowest BCUT2D eigenvalue weighted by molar-refractivity contribution is -0.139. The fraction of sp³-hybridized carbons (Fsp3) is 0.278. The molecule has 1 saturated carbocycles. The first kappa shape index (κ1) is 15.4. The van der Waals surface area contributed by atoms with Crippen LogP contribution in [0.25, 0.3) is 10.9 Å². The number of fused-ring (bicyclic) bond motifs is 1. The molecule has 0 spiro atoms. The number of aliphatic carboxylic acids is 1. The van der Waals surface area contributed by atoms with Crippen LogP contribution < -0.4 is 5.32 Å². The highest BCUT2D eigenvalue weighted by Crippen LogP contribution is 2.40. The number of amides is 1. The molecule has 7 nitrogen and oxygen atoms in total. The van der Waals surface area contributed by atoms with E-state index in [0.29, 0.717) is 11.7 Å². The van der Waals surface area contributed by atoms with Gasteiger partial charge in [0, 0.05) is 35.5 Å². The van der Waals surface area contributed by atoms with E-state index in [1.165, 1.54) is 0 Å². The maximum atomic E-state index is 12.3. The van der Waals surface area contributed by atoms with Gasteiger partial charge in [0.15, 0.2) is 5.69 Å². The van der Waals surface area contributed by atoms with Crippen molar-refractivity contribution in [3.8, 4) is 0 Å². The average molecular weight is 339 g/mol. The van der Waals surface area contributed by atoms with Crippen LogP contribution in [0.1, 0.15) is 40.6 Å². The molecule has 7 heteroatoms. The Balaban J connectivity index is 1.50. The molecule has 2 aromatic heterocycles. The van der Waals surface area contributed by atoms with Gasteiger partial charge in [-0.15, -0.1) is 0 Å². The molecule has 2 heterocycles. The SMILES string of the molecule is O=C(NC(Cc1c[nH]c2ccccc12)C(=O)O)c1cc(C2CC2)on1. The Hall–Kier alpha value is -3.09. The standard InChI is InChI=1S/C18H17N3O4/c22-17(14-8-16(25-21-14)10-5-6-10)20-15(18(23)24)7-11-9-19-13-4-2-1-3-12(11)13/h1-4,8-10,15,19H,5-7H2,(H,20,22)(H,23,24). The van der Waals surface area contributed by atoms with Crippen LogP contribution in [-0.2, 0) is 11.2 Å². The van der Waals surface area contributed by atoms with Crippen molar-refractivity contribution in [3.05, 3.63) is 53.5 Å². The minimum absolute atomic E-state index is 0.118. The summed E-state index contributed by atoms with van der Waals surface area (Å²) in [5.41, 5.74) is 1.88. The number of benzene rings is 1. The largest absolute Gasteiger partial charge is 0.480 e. The summed E-state index contributed by atoms with van der Waals surface area (Å²) in [6, 6.07) is 8.18. The molecule has 25 heavy (non-hydrogen) atoms. The highest BCUT2D eigenvalue weighted by molar-refractivity contribution is 5.95. The van der Waals surface area contributed by atoms with Gasteiger partial charge in [-0.2, -0.15) is 0 Å². The average Bonchev–Trinajstić information content (AvgIpc) is 3.19. The molecular weight excluding hydrogens is 322 g/mol. The van der Waals surface area contributed by atoms with Gasteiger partial charge >= 0.3 is 5.97 Å². The maximum Gasteiger partial charge on any atom is 0.326 e. The third-order valence-electron chi connectivity index (χ3n) is 4.44. The molecule has 0 saturated heterocycles. The minimum Gasteiger partial charge on any atom is -0.480 e. The molecule has 1 aliphatic carbocycles. The molecule has 1 aromatic carbocycles. The van der Waals surface area contributed by atoms with Crippen LogP contribution in [0.3, 0.4) is 0 Å². The highest BCUT2D eigenvalue weighted by atomic mass is 16.5. The van der Waals surface area contributed by atoms with Crippen LogP contribution >= 0.6 is 0 Å². The molecule has 4 rings (SSSR count). The van der Waals surface area contributed by atoms with Crippen molar-refractivity contribution in [2.24, 2.45) is 0 Å². The molecule has 3 N–H and O–H groups in total. The zero-order valence-corrected chi connectivity index (χ0v) is 13.4. The van der Waals surface area contributed by atoms with Crippen molar-refractivity contribution in [1.82, 2.24) is 15.5 Å². The maximum absolute atomic E-state index is 12.3. The number of para-hydroxylation sites is 1. The second-order valence-electron chi connectivity index (χ2n) is 6.32. The van der Waals surface area contributed by atoms with Crippen LogP contribution in [0.5, 0.6) is 0 Å². The molecule has 0 aliphatic heterocycles. The Kier molecular flexibility index (Phi) is 3.76. The fourth-order valence-electron chi connectivity index (χ4n) is 2.91. The Bertz CT molecular complexity index is 939. The quantitative estimate of drug-likeness (QED) is 0.639. The van der Waals surface area contributed by atoms with Crippen molar-refractivity contribution in [2.75, 3.05) is 0 Å². The first-order chi connectivity index (χ1) is 12.1. The zero-order chi connectivity index (χ0) is 17.4. The molecule has 128 valence electrons. The molecule has 1 atom stereocenters. The summed E-state index contributed by atoms with van der Waals surface area (Å²) < 4.78 is 5.15. The molecule has 1 fully saturated rings. The molecule has 1 unspecified atom stereocenters. The molecule has 0 radical (unpaired) electrons. The van der Waals surface area contributed by atoms with Gasteiger partial charge in [0.25, 0.3) is 5.91 Å². The summed E-state index contributed by atoms with van der Waals surface area (Å²) in [6.07, 6.45) is 4.02. The molecule has 0 bridgehead atoms. The number of hydrogen-bond donors (Lipinski definition) is 3. The summed E-state index contributed by atoms with van der Waals surface area (Å²) in [5, 5.41) is 16.7. The van der Waals surface area contributed by atoms with E-state index in [-0.39, 0.29) is 12.1 Å². The van der Waals surface area contributed by atoms with E-state index in [0.717, 1.165) is 29.3 Å². The van der Waals surface area contributed by atoms with Crippen molar-refractivity contribution in [3.63, 3.8) is 0 Å². The lowest BCUT2D eigenvalue weighted by Gasteiger charge is -2.13. The minimum atomic E-state index is -1.09. The second kappa shape index (κ2) is 6.08. The Morgan fingerprint density at radius 1 is 1.36 bits per heavy atom. The molecule has 3 aromatic rings. The summed E-state index contributed by atoms with van der Waals surface area (Å²) in [5.74, 6) is -0.600. The molecule has 1 amide bonds. The third-order valence-corrected chi connectivity index (χ3v) is 4.44. The number of aromatic nitrogens is 2. The molecule has 1 aliphatic rings. The van der Waals surface area contributed by atoms with Gasteiger partial charge in [0.05, 0.1) is 0 Å². The number of carbonyl (C=O) groups is 2. The predicted octanol–water partition coefficient (Wildman–Crippen LogP) is 2.46. The monoisotopic (exact) mass is 339 g/mol. The van der Waals surface area contributed by atoms with Crippen LogP contribution in [-0.4, -0.2) is 33.2 Å². The van der Waals surface area contributed by atoms with E-state index in [1.807, 2.05) is 24.3 Å². The van der Waals surface area contributed by atoms with Crippen molar-refractivity contribution >= 4 is 22.8 Å². The van der Waals surface area contributed by atoms with Gasteiger partial charge in [-0.1, -0.05) is 23.4 Å². The number of nitrogens with zero attached hydrogens (tertiary/aromatic N) is 1. The third kappa shape index (κ3) is 3.13. The lowest BCUT2D eigenvalue weighted by atomic mass is 10.0. The number of carboxylic acid groups (broad SMARTS) is 1. The van der Waals surface area contributed by atoms with E-state index in [9.17, 15) is 14.7 Å². The topological polar surface area (TPSA) is 108 Å². The highest BCUT2D eigenvalue weighted by Gasteiger charge is 2.30. The number of carboxylic acids is 1. The van der Waals surface area contributed by atoms with Crippen LogP contribution in [0, 0.1) is 0 Å². The number of nitrogens with one attached hydrogen (secondary N) is 2. The van der Waals surface area contributed by atoms with Gasteiger partial charge in [-0.25, -0.2) is 4.79 Å². The van der Waals surface area contributed by atoms with Gasteiger partial charge in [-0.3, -0.25) is 4.79 Å². The smallest absolute Gasteiger partial charge is 0.326 e. The first-order valence-corrected chi connectivity index (χ1v) is 8.17. The van der Waals surface area contributed by atoms with Gasteiger partial charge < -0.3 is 19.9 Å². The van der Waals surface area contributed by atoms with Gasteiger partial charge in [0.1, 0.15) is 11.8 Å².